The molecule has 4 unspecified atom stereocenters. The van der Waals surface area contributed by atoms with Gasteiger partial charge in [-0.1, -0.05) is 133 Å². The molecule has 10 heteroatoms. The molecule has 55 heavy (non-hydrogen) atoms. The fourth-order valence-corrected chi connectivity index (χ4v) is 7.95. The highest BCUT2D eigenvalue weighted by molar-refractivity contribution is 5.89. The van der Waals surface area contributed by atoms with Crippen LogP contribution in [-0.2, 0) is 26.2 Å². The maximum atomic E-state index is 17.1. The Morgan fingerprint density at radius 3 is 2.04 bits per heavy atom. The number of aromatic nitrogens is 4. The molecular formula is C45H38FN5O4. The number of carbonyl (C=O) groups is 1. The molecule has 0 amide bonds. The largest absolute Gasteiger partial charge is 0.453 e. The van der Waals surface area contributed by atoms with Crippen molar-refractivity contribution in [2.24, 2.45) is 0 Å². The van der Waals surface area contributed by atoms with Crippen molar-refractivity contribution in [3.63, 3.8) is 0 Å². The van der Waals surface area contributed by atoms with Crippen molar-refractivity contribution in [2.75, 3.05) is 11.9 Å². The number of rotatable bonds is 11. The smallest absolute Gasteiger partial charge is 0.338 e. The predicted molar refractivity (Wildman–Crippen MR) is 206 cm³/mol. The molecule has 1 aliphatic heterocycles. The number of fused-ring (bicyclic) bond motifs is 2. The number of alkyl halides is 1. The molecule has 1 aliphatic carbocycles. The lowest BCUT2D eigenvalue weighted by Gasteiger charge is -2.37. The number of imidazole rings is 1. The van der Waals surface area contributed by atoms with Crippen molar-refractivity contribution < 1.29 is 23.4 Å². The van der Waals surface area contributed by atoms with Gasteiger partial charge in [0.05, 0.1) is 24.5 Å². The summed E-state index contributed by atoms with van der Waals surface area (Å²) in [5.74, 6) is -0.117. The van der Waals surface area contributed by atoms with Gasteiger partial charge >= 0.3 is 5.97 Å². The lowest BCUT2D eigenvalue weighted by atomic mass is 9.80. The zero-order valence-corrected chi connectivity index (χ0v) is 29.8. The van der Waals surface area contributed by atoms with E-state index in [0.717, 1.165) is 29.5 Å². The predicted octanol–water partition coefficient (Wildman–Crippen LogP) is 8.40. The molecule has 9 nitrogen and oxygen atoms in total. The molecule has 7 aromatic rings. The highest BCUT2D eigenvalue weighted by atomic mass is 19.1. The van der Waals surface area contributed by atoms with Gasteiger partial charge in [0.1, 0.15) is 18.0 Å². The quantitative estimate of drug-likeness (QED) is 0.105. The summed E-state index contributed by atoms with van der Waals surface area (Å²) in [6.07, 6.45) is -0.564. The van der Waals surface area contributed by atoms with Crippen molar-refractivity contribution in [1.29, 1.82) is 0 Å². The van der Waals surface area contributed by atoms with Crippen molar-refractivity contribution in [3.05, 3.63) is 192 Å². The maximum absolute atomic E-state index is 17.1. The number of nitrogens with one attached hydrogen (secondary N) is 1. The van der Waals surface area contributed by atoms with E-state index in [1.165, 1.54) is 23.8 Å². The third-order valence-corrected chi connectivity index (χ3v) is 10.6. The number of aryl methyl sites for hydroxylation is 1. The second-order valence-electron chi connectivity index (χ2n) is 13.8. The summed E-state index contributed by atoms with van der Waals surface area (Å²) < 4.78 is 38.3. The molecule has 2 aromatic heterocycles. The first kappa shape index (κ1) is 34.5. The lowest BCUT2D eigenvalue weighted by molar-refractivity contribution is -0.0957. The summed E-state index contributed by atoms with van der Waals surface area (Å²) in [7, 11) is 0. The van der Waals surface area contributed by atoms with Crippen LogP contribution >= 0.6 is 0 Å². The minimum atomic E-state index is -1.80. The minimum Gasteiger partial charge on any atom is -0.453 e. The van der Waals surface area contributed by atoms with Crippen LogP contribution in [0, 0.1) is 0 Å². The molecule has 5 atom stereocenters. The monoisotopic (exact) mass is 731 g/mol. The Morgan fingerprint density at radius 2 is 1.38 bits per heavy atom. The van der Waals surface area contributed by atoms with Gasteiger partial charge in [0.15, 0.2) is 35.5 Å². The SMILES string of the molecule is O=C(OC1C(COC(c2ccccc2)(c2ccccc2)c2ccccc2)OC(n2cnc3c(N[C@H]4CCc5ccccc54)ncnc32)C1F)c1ccccc1. The van der Waals surface area contributed by atoms with Crippen LogP contribution in [0.5, 0.6) is 0 Å². The number of carbonyl (C=O) groups excluding carboxylic acids is 1. The van der Waals surface area contributed by atoms with Crippen LogP contribution in [0.25, 0.3) is 11.2 Å². The van der Waals surface area contributed by atoms with Crippen molar-refractivity contribution >= 4 is 23.0 Å². The normalized spacial score (nSPS) is 20.6. The number of esters is 1. The van der Waals surface area contributed by atoms with Gasteiger partial charge in [0.25, 0.3) is 0 Å². The van der Waals surface area contributed by atoms with E-state index in [1.54, 1.807) is 34.9 Å². The van der Waals surface area contributed by atoms with Crippen LogP contribution in [0.3, 0.4) is 0 Å². The van der Waals surface area contributed by atoms with Crippen LogP contribution in [0.2, 0.25) is 0 Å². The van der Waals surface area contributed by atoms with Gasteiger partial charge in [0, 0.05) is 0 Å². The zero-order valence-electron chi connectivity index (χ0n) is 29.8. The first-order chi connectivity index (χ1) is 27.1. The second-order valence-corrected chi connectivity index (χ2v) is 13.8. The van der Waals surface area contributed by atoms with E-state index in [1.807, 2.05) is 97.1 Å². The summed E-state index contributed by atoms with van der Waals surface area (Å²) in [6.45, 7) is -0.127. The molecule has 9 rings (SSSR count). The Hall–Kier alpha value is -6.23. The summed E-state index contributed by atoms with van der Waals surface area (Å²) in [5, 5.41) is 3.55. The Bertz CT molecular complexity index is 2300. The van der Waals surface area contributed by atoms with Gasteiger partial charge in [0.2, 0.25) is 0 Å². The lowest BCUT2D eigenvalue weighted by Crippen LogP contribution is -2.41. The zero-order chi connectivity index (χ0) is 37.2. The Kier molecular flexibility index (Phi) is 9.35. The van der Waals surface area contributed by atoms with Crippen LogP contribution in [0.15, 0.2) is 158 Å². The summed E-state index contributed by atoms with van der Waals surface area (Å²) in [6, 6.07) is 46.6. The third-order valence-electron chi connectivity index (χ3n) is 10.6. The minimum absolute atomic E-state index is 0.0542. The topological polar surface area (TPSA) is 100 Å². The molecule has 3 heterocycles. The molecular weight excluding hydrogens is 694 g/mol. The van der Waals surface area contributed by atoms with Crippen LogP contribution < -0.4 is 5.32 Å². The van der Waals surface area contributed by atoms with E-state index in [-0.39, 0.29) is 12.6 Å². The molecule has 0 saturated carbocycles. The molecule has 5 aromatic carbocycles. The molecule has 1 N–H and O–H groups in total. The van der Waals surface area contributed by atoms with E-state index < -0.39 is 36.2 Å². The Morgan fingerprint density at radius 1 is 0.782 bits per heavy atom. The van der Waals surface area contributed by atoms with E-state index in [2.05, 4.69) is 38.5 Å². The van der Waals surface area contributed by atoms with Gasteiger partial charge in [-0.15, -0.1) is 0 Å². The summed E-state index contributed by atoms with van der Waals surface area (Å²) in [5.41, 5.74) is 5.20. The Balaban J connectivity index is 1.07. The van der Waals surface area contributed by atoms with Crippen LogP contribution in [0.1, 0.15) is 56.9 Å². The number of hydrogen-bond acceptors (Lipinski definition) is 8. The van der Waals surface area contributed by atoms with Crippen LogP contribution in [-0.4, -0.2) is 50.5 Å². The molecule has 274 valence electrons. The van der Waals surface area contributed by atoms with Gasteiger partial charge < -0.3 is 19.5 Å². The fraction of sp³-hybridized carbons (Fsp3) is 0.200. The maximum Gasteiger partial charge on any atom is 0.338 e. The van der Waals surface area contributed by atoms with Crippen LogP contribution in [0.4, 0.5) is 10.2 Å². The fourth-order valence-electron chi connectivity index (χ4n) is 7.95. The van der Waals surface area contributed by atoms with Crippen molar-refractivity contribution in [2.45, 2.75) is 49.1 Å². The highest BCUT2D eigenvalue weighted by Crippen LogP contribution is 2.43. The van der Waals surface area contributed by atoms with E-state index in [9.17, 15) is 4.79 Å². The number of halogens is 1. The van der Waals surface area contributed by atoms with Gasteiger partial charge in [-0.3, -0.25) is 4.57 Å². The number of benzene rings is 5. The summed E-state index contributed by atoms with van der Waals surface area (Å²) >= 11 is 0. The average molecular weight is 732 g/mol. The molecule has 0 spiro atoms. The number of ether oxygens (including phenoxy) is 3. The van der Waals surface area contributed by atoms with Gasteiger partial charge in [-0.2, -0.15) is 0 Å². The number of nitrogens with zero attached hydrogens (tertiary/aromatic N) is 4. The Labute approximate surface area is 317 Å². The molecule has 2 aliphatic rings. The van der Waals surface area contributed by atoms with Gasteiger partial charge in [-0.05, 0) is 52.8 Å². The number of anilines is 1. The summed E-state index contributed by atoms with van der Waals surface area (Å²) in [4.78, 5) is 27.2. The van der Waals surface area contributed by atoms with Gasteiger partial charge in [-0.25, -0.2) is 24.1 Å². The molecule has 1 fully saturated rings. The van der Waals surface area contributed by atoms with Crippen molar-refractivity contribution in [3.8, 4) is 0 Å². The van der Waals surface area contributed by atoms with E-state index in [4.69, 9.17) is 14.2 Å². The number of hydrogen-bond donors (Lipinski definition) is 1. The average Bonchev–Trinajstić information content (AvgIpc) is 3.95. The second kappa shape index (κ2) is 14.9. The van der Waals surface area contributed by atoms with E-state index in [0.29, 0.717) is 22.5 Å². The molecule has 0 bridgehead atoms. The first-order valence-electron chi connectivity index (χ1n) is 18.5. The molecule has 0 radical (unpaired) electrons. The third kappa shape index (κ3) is 6.43. The van der Waals surface area contributed by atoms with Crippen molar-refractivity contribution in [1.82, 2.24) is 19.5 Å². The first-order valence-corrected chi connectivity index (χ1v) is 18.5. The van der Waals surface area contributed by atoms with E-state index >= 15 is 4.39 Å². The molecule has 1 saturated heterocycles. The highest BCUT2D eigenvalue weighted by Gasteiger charge is 2.51. The standard InChI is InChI=1S/C45H38FN5O4/c46-38-40(55-44(52)31-16-5-1-6-17-31)37(27-53-45(32-18-7-2-8-19-32,33-20-9-3-10-21-33)34-22-11-4-12-23-34)54-43(38)51-29-49-39-41(47-28-48-42(39)51)50-36-26-25-30-15-13-14-24-35(30)36/h1-24,28-29,36-38,40,43H,25-27H2,(H,47,48,50)/t36-,37?,38?,40?,43?/m0/s1.